The molecule has 6 aromatic rings. The summed E-state index contributed by atoms with van der Waals surface area (Å²) in [4.78, 5) is 22.2. The molecule has 0 spiro atoms. The van der Waals surface area contributed by atoms with Gasteiger partial charge in [-0.3, -0.25) is 9.59 Å². The summed E-state index contributed by atoms with van der Waals surface area (Å²) in [6.07, 6.45) is 1.41. The number of phenolic OH excluding ortho intramolecular Hbond substituents is 4. The van der Waals surface area contributed by atoms with Crippen LogP contribution in [0.15, 0.2) is 109 Å². The minimum Gasteiger partial charge on any atom is -0.508 e. The first kappa shape index (κ1) is 54.3. The van der Waals surface area contributed by atoms with E-state index in [0.717, 1.165) is 80.3 Å². The van der Waals surface area contributed by atoms with Gasteiger partial charge >= 0.3 is 11.9 Å². The lowest BCUT2D eigenvalue weighted by molar-refractivity contribution is -0.147. The highest BCUT2D eigenvalue weighted by Crippen LogP contribution is 2.40. The maximum atomic E-state index is 11.6. The van der Waals surface area contributed by atoms with Gasteiger partial charge in [-0.1, -0.05) is 81.4 Å². The topological polar surface area (TPSA) is 188 Å². The van der Waals surface area contributed by atoms with Gasteiger partial charge < -0.3 is 49.2 Å². The van der Waals surface area contributed by atoms with Crippen molar-refractivity contribution in [3.05, 3.63) is 165 Å². The van der Waals surface area contributed by atoms with Crippen LogP contribution in [0.25, 0.3) is 11.1 Å². The molecule has 2 fully saturated rings. The second-order valence-corrected chi connectivity index (χ2v) is 19.7. The average Bonchev–Trinajstić information content (AvgIpc) is 4.30. The molecule has 2 aliphatic heterocycles. The van der Waals surface area contributed by atoms with Crippen molar-refractivity contribution in [2.24, 2.45) is 0 Å². The van der Waals surface area contributed by atoms with Gasteiger partial charge in [-0.2, -0.15) is 0 Å². The van der Waals surface area contributed by atoms with E-state index in [1.807, 2.05) is 76.2 Å². The number of rotatable bonds is 18. The van der Waals surface area contributed by atoms with Crippen LogP contribution in [0.3, 0.4) is 0 Å². The van der Waals surface area contributed by atoms with E-state index >= 15 is 0 Å². The van der Waals surface area contributed by atoms with Crippen molar-refractivity contribution in [2.75, 3.05) is 33.0 Å². The average molecular weight is 983 g/mol. The Hall–Kier alpha value is -7.02. The Morgan fingerprint density at radius 2 is 0.903 bits per heavy atom. The summed E-state index contributed by atoms with van der Waals surface area (Å²) in [5.74, 6) is 1.39. The van der Waals surface area contributed by atoms with Gasteiger partial charge in [-0.25, -0.2) is 0 Å². The molecule has 0 aromatic heterocycles. The Labute approximate surface area is 423 Å². The molecule has 382 valence electrons. The SMILES string of the molecule is Cc1cc(-c2ccc(O)c(C)c2)ccc1O.Cc1cc(C(C)(C)c2ccc(OCC3CO3)c(C)c2)ccc1OCC1CO1.Cc1cc(C(C)(CCCOC(=O)CCC(=O)O)c2ccc(O)c(C)c2)ccc1O. The number of hydrogen-bond donors (Lipinski definition) is 5. The number of carboxylic acids is 1. The molecule has 0 aliphatic carbocycles. The quantitative estimate of drug-likeness (QED) is 0.0312. The minimum absolute atomic E-state index is 0.105. The highest BCUT2D eigenvalue weighted by Gasteiger charge is 2.31. The summed E-state index contributed by atoms with van der Waals surface area (Å²) >= 11 is 0. The predicted molar refractivity (Wildman–Crippen MR) is 279 cm³/mol. The molecule has 0 bridgehead atoms. The van der Waals surface area contributed by atoms with Crippen LogP contribution in [-0.4, -0.2) is 82.7 Å². The van der Waals surface area contributed by atoms with E-state index in [4.69, 9.17) is 28.8 Å². The third-order valence-electron chi connectivity index (χ3n) is 13.5. The molecule has 5 N–H and O–H groups in total. The lowest BCUT2D eigenvalue weighted by atomic mass is 9.72. The van der Waals surface area contributed by atoms with Crippen molar-refractivity contribution in [1.29, 1.82) is 0 Å². The van der Waals surface area contributed by atoms with E-state index in [2.05, 4.69) is 71.0 Å². The third kappa shape index (κ3) is 14.8. The lowest BCUT2D eigenvalue weighted by Crippen LogP contribution is -2.25. The fourth-order valence-electron chi connectivity index (χ4n) is 8.28. The second kappa shape index (κ2) is 23.9. The first-order valence-corrected chi connectivity index (χ1v) is 24.4. The number of hydrogen-bond acceptors (Lipinski definition) is 11. The number of carbonyl (C=O) groups is 2. The molecular weight excluding hydrogens is 913 g/mol. The van der Waals surface area contributed by atoms with E-state index in [1.54, 1.807) is 24.3 Å². The second-order valence-electron chi connectivity index (χ2n) is 19.7. The molecule has 2 heterocycles. The third-order valence-corrected chi connectivity index (χ3v) is 13.5. The van der Waals surface area contributed by atoms with Crippen LogP contribution in [0.1, 0.15) is 102 Å². The zero-order chi connectivity index (χ0) is 52.3. The fraction of sp³-hybridized carbons (Fsp3) is 0.367. The highest BCUT2D eigenvalue weighted by molar-refractivity contribution is 5.76. The molecule has 0 radical (unpaired) electrons. The van der Waals surface area contributed by atoms with Gasteiger partial charge in [0.05, 0.1) is 32.7 Å². The van der Waals surface area contributed by atoms with Crippen molar-refractivity contribution >= 4 is 11.9 Å². The number of phenols is 4. The number of aryl methyl sites for hydroxylation is 6. The number of aliphatic carboxylic acids is 1. The summed E-state index contributed by atoms with van der Waals surface area (Å²) in [6.45, 7) is 21.3. The Morgan fingerprint density at radius 1 is 0.528 bits per heavy atom. The normalized spacial score (nSPS) is 14.7. The smallest absolute Gasteiger partial charge is 0.306 e. The molecule has 0 saturated carbocycles. The Bertz CT molecular complexity index is 2670. The van der Waals surface area contributed by atoms with E-state index in [9.17, 15) is 30.0 Å². The number of ether oxygens (including phenoxy) is 5. The maximum Gasteiger partial charge on any atom is 0.306 e. The Morgan fingerprint density at radius 3 is 1.26 bits per heavy atom. The number of epoxide rings is 2. The summed E-state index contributed by atoms with van der Waals surface area (Å²) in [5.41, 5.74) is 11.7. The van der Waals surface area contributed by atoms with Crippen molar-refractivity contribution in [3.8, 4) is 45.6 Å². The van der Waals surface area contributed by atoms with Crippen molar-refractivity contribution in [1.82, 2.24) is 0 Å². The van der Waals surface area contributed by atoms with Crippen LogP contribution in [0.2, 0.25) is 0 Å². The molecule has 2 saturated heterocycles. The van der Waals surface area contributed by atoms with Crippen LogP contribution < -0.4 is 9.47 Å². The first-order chi connectivity index (χ1) is 34.1. The lowest BCUT2D eigenvalue weighted by Gasteiger charge is -2.32. The van der Waals surface area contributed by atoms with Crippen molar-refractivity contribution < 1.29 is 58.8 Å². The van der Waals surface area contributed by atoms with E-state index in [0.29, 0.717) is 37.6 Å². The standard InChI is InChI=1S/C23H28O6.C23H28O4.C14H14O2/c1-15-13-17(5-7-19(15)24)23(3,18-6-8-20(25)16(2)14-18)11-4-12-29-22(28)10-9-21(26)27;1-15-9-17(5-7-21(15)26-13-19-11-24-19)23(3,4)18-6-8-22(16(2)10-18)27-14-20-12-25-20;1-9-7-11(3-5-13(9)15)12-4-6-14(16)10(2)8-12/h5-8,13-14,24-25H,4,9-12H2,1-3H3,(H,26,27);5-10,19-20H,11-14H2,1-4H3;3-8,15-16H,1-2H3. The van der Waals surface area contributed by atoms with Crippen molar-refractivity contribution in [2.45, 2.75) is 111 Å². The zero-order valence-corrected chi connectivity index (χ0v) is 43.0. The number of carboxylic acid groups (broad SMARTS) is 1. The molecule has 72 heavy (non-hydrogen) atoms. The highest BCUT2D eigenvalue weighted by atomic mass is 16.6. The summed E-state index contributed by atoms with van der Waals surface area (Å²) in [5, 5.41) is 47.3. The molecule has 12 nitrogen and oxygen atoms in total. The van der Waals surface area contributed by atoms with Gasteiger partial charge in [-0.15, -0.1) is 0 Å². The molecule has 2 aliphatic rings. The largest absolute Gasteiger partial charge is 0.508 e. The van der Waals surface area contributed by atoms with Gasteiger partial charge in [0.25, 0.3) is 0 Å². The van der Waals surface area contributed by atoms with E-state index in [-0.39, 0.29) is 48.6 Å². The molecule has 12 heteroatoms. The minimum atomic E-state index is -1.03. The summed E-state index contributed by atoms with van der Waals surface area (Å²) < 4.78 is 27.3. The van der Waals surface area contributed by atoms with Gasteiger partial charge in [0, 0.05) is 10.8 Å². The monoisotopic (exact) mass is 982 g/mol. The summed E-state index contributed by atoms with van der Waals surface area (Å²) in [7, 11) is 0. The van der Waals surface area contributed by atoms with Crippen LogP contribution in [0.4, 0.5) is 0 Å². The number of esters is 1. The van der Waals surface area contributed by atoms with Gasteiger partial charge in [0.1, 0.15) is 59.9 Å². The maximum absolute atomic E-state index is 11.6. The molecule has 2 unspecified atom stereocenters. The number of benzene rings is 6. The Balaban J connectivity index is 0.000000183. The van der Waals surface area contributed by atoms with Crippen molar-refractivity contribution in [3.63, 3.8) is 0 Å². The Kier molecular flexibility index (Phi) is 18.1. The van der Waals surface area contributed by atoms with Crippen LogP contribution in [-0.2, 0) is 34.6 Å². The van der Waals surface area contributed by atoms with Gasteiger partial charge in [-0.05, 0) is 170 Å². The van der Waals surface area contributed by atoms with Crippen LogP contribution in [0, 0.1) is 41.5 Å². The van der Waals surface area contributed by atoms with E-state index < -0.39 is 17.4 Å². The summed E-state index contributed by atoms with van der Waals surface area (Å²) in [6, 6.07) is 34.9. The predicted octanol–water partition coefficient (Wildman–Crippen LogP) is 11.8. The molecule has 6 aromatic carbocycles. The van der Waals surface area contributed by atoms with Crippen LogP contribution in [0.5, 0.6) is 34.5 Å². The molecule has 8 rings (SSSR count). The number of aromatic hydroxyl groups is 4. The first-order valence-electron chi connectivity index (χ1n) is 24.4. The molecular formula is C60H70O12. The van der Waals surface area contributed by atoms with E-state index in [1.165, 1.54) is 11.1 Å². The molecule has 0 amide bonds. The van der Waals surface area contributed by atoms with Gasteiger partial charge in [0.15, 0.2) is 0 Å². The number of carbonyl (C=O) groups excluding carboxylic acids is 1. The van der Waals surface area contributed by atoms with Crippen LogP contribution >= 0.6 is 0 Å². The zero-order valence-electron chi connectivity index (χ0n) is 43.0. The van der Waals surface area contributed by atoms with Gasteiger partial charge in [0.2, 0.25) is 0 Å². The fourth-order valence-corrected chi connectivity index (χ4v) is 8.28. The molecule has 2 atom stereocenters.